The Hall–Kier alpha value is -1.22. The SMILES string of the molecule is CCC1(C)CC(Nc2cccc(O)c2)CCO1. The number of rotatable bonds is 3. The van der Waals surface area contributed by atoms with Gasteiger partial charge in [-0.25, -0.2) is 0 Å². The Balaban J connectivity index is 1.99. The molecule has 0 spiro atoms. The van der Waals surface area contributed by atoms with E-state index in [1.807, 2.05) is 12.1 Å². The number of benzene rings is 1. The Kier molecular flexibility index (Phi) is 3.57. The van der Waals surface area contributed by atoms with E-state index in [9.17, 15) is 5.11 Å². The van der Waals surface area contributed by atoms with E-state index < -0.39 is 0 Å². The summed E-state index contributed by atoms with van der Waals surface area (Å²) in [6.45, 7) is 5.14. The van der Waals surface area contributed by atoms with E-state index in [0.717, 1.165) is 31.6 Å². The monoisotopic (exact) mass is 235 g/mol. The predicted molar refractivity (Wildman–Crippen MR) is 69.4 cm³/mol. The smallest absolute Gasteiger partial charge is 0.117 e. The minimum absolute atomic E-state index is 0.00720. The number of aromatic hydroxyl groups is 1. The molecule has 0 aliphatic carbocycles. The molecule has 17 heavy (non-hydrogen) atoms. The first-order chi connectivity index (χ1) is 8.11. The first-order valence-electron chi connectivity index (χ1n) is 6.31. The molecule has 94 valence electrons. The molecule has 1 aromatic rings. The van der Waals surface area contributed by atoms with Crippen LogP contribution in [0.1, 0.15) is 33.1 Å². The third-order valence-electron chi connectivity index (χ3n) is 3.56. The number of nitrogens with one attached hydrogen (secondary N) is 1. The van der Waals surface area contributed by atoms with Crippen LogP contribution in [0.3, 0.4) is 0 Å². The fourth-order valence-corrected chi connectivity index (χ4v) is 2.33. The average Bonchev–Trinajstić information content (AvgIpc) is 2.29. The molecule has 1 saturated heterocycles. The minimum Gasteiger partial charge on any atom is -0.508 e. The third kappa shape index (κ3) is 3.13. The second-order valence-corrected chi connectivity index (χ2v) is 5.04. The quantitative estimate of drug-likeness (QED) is 0.845. The van der Waals surface area contributed by atoms with Crippen molar-refractivity contribution in [3.05, 3.63) is 24.3 Å². The molecule has 1 aliphatic rings. The Morgan fingerprint density at radius 1 is 1.53 bits per heavy atom. The summed E-state index contributed by atoms with van der Waals surface area (Å²) in [5.41, 5.74) is 0.975. The van der Waals surface area contributed by atoms with Gasteiger partial charge in [-0.1, -0.05) is 13.0 Å². The second-order valence-electron chi connectivity index (χ2n) is 5.04. The van der Waals surface area contributed by atoms with Crippen LogP contribution in [0.15, 0.2) is 24.3 Å². The zero-order valence-electron chi connectivity index (χ0n) is 10.6. The normalized spacial score (nSPS) is 28.9. The maximum Gasteiger partial charge on any atom is 0.117 e. The van der Waals surface area contributed by atoms with Crippen molar-refractivity contribution in [1.29, 1.82) is 0 Å². The van der Waals surface area contributed by atoms with Crippen molar-refractivity contribution in [3.8, 4) is 5.75 Å². The van der Waals surface area contributed by atoms with Crippen molar-refractivity contribution >= 4 is 5.69 Å². The summed E-state index contributed by atoms with van der Waals surface area (Å²) in [7, 11) is 0. The summed E-state index contributed by atoms with van der Waals surface area (Å²) in [6.07, 6.45) is 3.07. The number of hydrogen-bond acceptors (Lipinski definition) is 3. The molecule has 0 amide bonds. The van der Waals surface area contributed by atoms with Gasteiger partial charge in [0.2, 0.25) is 0 Å². The average molecular weight is 235 g/mol. The lowest BCUT2D eigenvalue weighted by Gasteiger charge is -2.38. The van der Waals surface area contributed by atoms with E-state index in [1.54, 1.807) is 12.1 Å². The largest absolute Gasteiger partial charge is 0.508 e. The highest BCUT2D eigenvalue weighted by Gasteiger charge is 2.31. The zero-order valence-corrected chi connectivity index (χ0v) is 10.6. The molecule has 2 atom stereocenters. The predicted octanol–water partition coefficient (Wildman–Crippen LogP) is 3.15. The van der Waals surface area contributed by atoms with Gasteiger partial charge in [0.1, 0.15) is 5.75 Å². The van der Waals surface area contributed by atoms with Crippen molar-refractivity contribution in [3.63, 3.8) is 0 Å². The van der Waals surface area contributed by atoms with Gasteiger partial charge in [-0.15, -0.1) is 0 Å². The van der Waals surface area contributed by atoms with Crippen molar-refractivity contribution in [2.24, 2.45) is 0 Å². The molecule has 0 saturated carbocycles. The van der Waals surface area contributed by atoms with E-state index in [1.165, 1.54) is 0 Å². The molecule has 2 rings (SSSR count). The van der Waals surface area contributed by atoms with Gasteiger partial charge in [0.05, 0.1) is 5.60 Å². The standard InChI is InChI=1S/C14H21NO2/c1-3-14(2)10-12(7-8-17-14)15-11-5-4-6-13(16)9-11/h4-6,9,12,15-16H,3,7-8,10H2,1-2H3. The van der Waals surface area contributed by atoms with Gasteiger partial charge in [-0.05, 0) is 38.3 Å². The van der Waals surface area contributed by atoms with Crippen molar-refractivity contribution in [2.45, 2.75) is 44.8 Å². The second kappa shape index (κ2) is 4.96. The topological polar surface area (TPSA) is 41.5 Å². The summed E-state index contributed by atoms with van der Waals surface area (Å²) in [5, 5.41) is 12.9. The van der Waals surface area contributed by atoms with Crippen molar-refractivity contribution in [1.82, 2.24) is 0 Å². The Bertz CT molecular complexity index is 380. The van der Waals surface area contributed by atoms with Gasteiger partial charge in [0.15, 0.2) is 0 Å². The van der Waals surface area contributed by atoms with E-state index in [-0.39, 0.29) is 5.60 Å². The van der Waals surface area contributed by atoms with Crippen LogP contribution in [0.4, 0.5) is 5.69 Å². The van der Waals surface area contributed by atoms with Crippen LogP contribution in [-0.2, 0) is 4.74 Å². The van der Waals surface area contributed by atoms with Crippen LogP contribution in [0, 0.1) is 0 Å². The number of anilines is 1. The van der Waals surface area contributed by atoms with Crippen LogP contribution < -0.4 is 5.32 Å². The lowest BCUT2D eigenvalue weighted by molar-refractivity contribution is -0.0708. The summed E-state index contributed by atoms with van der Waals surface area (Å²) >= 11 is 0. The highest BCUT2D eigenvalue weighted by Crippen LogP contribution is 2.29. The molecular formula is C14H21NO2. The van der Waals surface area contributed by atoms with Gasteiger partial charge in [0, 0.05) is 24.4 Å². The van der Waals surface area contributed by atoms with Crippen molar-refractivity contribution < 1.29 is 9.84 Å². The molecule has 2 N–H and O–H groups in total. The maximum absolute atomic E-state index is 9.43. The lowest BCUT2D eigenvalue weighted by atomic mass is 9.90. The summed E-state index contributed by atoms with van der Waals surface area (Å²) < 4.78 is 5.82. The molecule has 2 unspecified atom stereocenters. The Morgan fingerprint density at radius 3 is 3.06 bits per heavy atom. The molecule has 0 radical (unpaired) electrons. The molecule has 3 heteroatoms. The van der Waals surface area contributed by atoms with Gasteiger partial charge in [0.25, 0.3) is 0 Å². The van der Waals surface area contributed by atoms with Crippen LogP contribution in [0.2, 0.25) is 0 Å². The van der Waals surface area contributed by atoms with Gasteiger partial charge >= 0.3 is 0 Å². The highest BCUT2D eigenvalue weighted by molar-refractivity contribution is 5.48. The fourth-order valence-electron chi connectivity index (χ4n) is 2.33. The Labute approximate surface area is 103 Å². The number of ether oxygens (including phenoxy) is 1. The van der Waals surface area contributed by atoms with Crippen molar-refractivity contribution in [2.75, 3.05) is 11.9 Å². The minimum atomic E-state index is -0.00720. The van der Waals surface area contributed by atoms with Crippen LogP contribution in [-0.4, -0.2) is 23.4 Å². The van der Waals surface area contributed by atoms with E-state index in [0.29, 0.717) is 11.8 Å². The van der Waals surface area contributed by atoms with Gasteiger partial charge in [-0.2, -0.15) is 0 Å². The summed E-state index contributed by atoms with van der Waals surface area (Å²) in [6, 6.07) is 7.72. The first-order valence-corrected chi connectivity index (χ1v) is 6.31. The lowest BCUT2D eigenvalue weighted by Crippen LogP contribution is -2.41. The fraction of sp³-hybridized carbons (Fsp3) is 0.571. The molecule has 1 heterocycles. The Morgan fingerprint density at radius 2 is 2.35 bits per heavy atom. The van der Waals surface area contributed by atoms with E-state index in [4.69, 9.17) is 4.74 Å². The summed E-state index contributed by atoms with van der Waals surface area (Å²) in [5.74, 6) is 0.306. The molecule has 1 fully saturated rings. The first kappa shape index (κ1) is 12.2. The molecule has 1 aromatic carbocycles. The van der Waals surface area contributed by atoms with Gasteiger partial charge in [-0.3, -0.25) is 0 Å². The number of hydrogen-bond donors (Lipinski definition) is 2. The molecule has 0 aromatic heterocycles. The van der Waals surface area contributed by atoms with Crippen LogP contribution in [0.5, 0.6) is 5.75 Å². The van der Waals surface area contributed by atoms with Gasteiger partial charge < -0.3 is 15.2 Å². The summed E-state index contributed by atoms with van der Waals surface area (Å²) in [4.78, 5) is 0. The molecular weight excluding hydrogens is 214 g/mol. The zero-order chi connectivity index (χ0) is 12.3. The van der Waals surface area contributed by atoms with E-state index >= 15 is 0 Å². The third-order valence-corrected chi connectivity index (χ3v) is 3.56. The number of phenolic OH excluding ortho intramolecular Hbond substituents is 1. The highest BCUT2D eigenvalue weighted by atomic mass is 16.5. The van der Waals surface area contributed by atoms with Crippen LogP contribution >= 0.6 is 0 Å². The molecule has 1 aliphatic heterocycles. The number of phenols is 1. The molecule has 0 bridgehead atoms. The maximum atomic E-state index is 9.43. The molecule has 3 nitrogen and oxygen atoms in total. The van der Waals surface area contributed by atoms with Crippen LogP contribution in [0.25, 0.3) is 0 Å². The van der Waals surface area contributed by atoms with E-state index in [2.05, 4.69) is 19.2 Å².